The SMILES string of the molecule is CCCNc1cnn(CCN2CCCC2)c(=O)c1. The molecule has 1 saturated heterocycles. The van der Waals surface area contributed by atoms with Gasteiger partial charge in [-0.05, 0) is 32.4 Å². The van der Waals surface area contributed by atoms with Crippen LogP contribution in [0.1, 0.15) is 26.2 Å². The normalized spacial score (nSPS) is 16.1. The van der Waals surface area contributed by atoms with Crippen LogP contribution in [0.25, 0.3) is 0 Å². The first-order valence-corrected chi connectivity index (χ1v) is 6.83. The van der Waals surface area contributed by atoms with Gasteiger partial charge in [0.1, 0.15) is 0 Å². The van der Waals surface area contributed by atoms with Crippen molar-refractivity contribution in [2.24, 2.45) is 0 Å². The molecule has 0 spiro atoms. The van der Waals surface area contributed by atoms with E-state index in [1.807, 2.05) is 0 Å². The molecule has 1 N–H and O–H groups in total. The Morgan fingerprint density at radius 3 is 2.78 bits per heavy atom. The lowest BCUT2D eigenvalue weighted by molar-refractivity contribution is 0.312. The topological polar surface area (TPSA) is 50.2 Å². The van der Waals surface area contributed by atoms with Crippen LogP contribution >= 0.6 is 0 Å². The van der Waals surface area contributed by atoms with Gasteiger partial charge in [-0.3, -0.25) is 4.79 Å². The van der Waals surface area contributed by atoms with Crippen molar-refractivity contribution >= 4 is 5.69 Å². The van der Waals surface area contributed by atoms with Crippen LogP contribution in [0.3, 0.4) is 0 Å². The number of anilines is 1. The molecule has 5 nitrogen and oxygen atoms in total. The molecule has 1 aromatic heterocycles. The van der Waals surface area contributed by atoms with E-state index in [0.717, 1.165) is 38.3 Å². The summed E-state index contributed by atoms with van der Waals surface area (Å²) in [5.41, 5.74) is 0.801. The fraction of sp³-hybridized carbons (Fsp3) is 0.692. The first kappa shape index (κ1) is 13.1. The van der Waals surface area contributed by atoms with Crippen molar-refractivity contribution in [2.75, 3.05) is 31.5 Å². The first-order chi connectivity index (χ1) is 8.79. The Labute approximate surface area is 108 Å². The molecule has 0 amide bonds. The first-order valence-electron chi connectivity index (χ1n) is 6.83. The number of hydrogen-bond acceptors (Lipinski definition) is 4. The summed E-state index contributed by atoms with van der Waals surface area (Å²) < 4.78 is 1.55. The molecule has 18 heavy (non-hydrogen) atoms. The lowest BCUT2D eigenvalue weighted by atomic mass is 10.4. The van der Waals surface area contributed by atoms with Crippen molar-refractivity contribution in [1.29, 1.82) is 0 Å². The van der Waals surface area contributed by atoms with E-state index in [1.165, 1.54) is 12.8 Å². The Balaban J connectivity index is 1.90. The summed E-state index contributed by atoms with van der Waals surface area (Å²) in [5.74, 6) is 0. The second-order valence-electron chi connectivity index (χ2n) is 4.78. The predicted octanol–water partition coefficient (Wildman–Crippen LogP) is 1.16. The van der Waals surface area contributed by atoms with E-state index in [2.05, 4.69) is 22.2 Å². The van der Waals surface area contributed by atoms with Gasteiger partial charge in [0.05, 0.1) is 18.4 Å². The molecule has 0 radical (unpaired) electrons. The molecule has 1 aliphatic heterocycles. The molecule has 1 aliphatic rings. The zero-order chi connectivity index (χ0) is 12.8. The Bertz CT molecular complexity index is 423. The third-order valence-electron chi connectivity index (χ3n) is 3.28. The zero-order valence-corrected chi connectivity index (χ0v) is 11.1. The molecular formula is C13H22N4O. The van der Waals surface area contributed by atoms with Gasteiger partial charge in [0, 0.05) is 19.2 Å². The third kappa shape index (κ3) is 3.57. The summed E-state index contributed by atoms with van der Waals surface area (Å²) in [4.78, 5) is 14.2. The summed E-state index contributed by atoms with van der Waals surface area (Å²) in [6.45, 7) is 6.90. The number of hydrogen-bond donors (Lipinski definition) is 1. The summed E-state index contributed by atoms with van der Waals surface area (Å²) in [6.07, 6.45) is 5.34. The second-order valence-corrected chi connectivity index (χ2v) is 4.78. The Kier molecular flexibility index (Phi) is 4.75. The lowest BCUT2D eigenvalue weighted by Crippen LogP contribution is -2.30. The summed E-state index contributed by atoms with van der Waals surface area (Å²) in [7, 11) is 0. The number of rotatable bonds is 6. The molecule has 0 unspecified atom stereocenters. The highest BCUT2D eigenvalue weighted by Gasteiger charge is 2.11. The quantitative estimate of drug-likeness (QED) is 0.823. The van der Waals surface area contributed by atoms with Crippen LogP contribution in [0.15, 0.2) is 17.1 Å². The monoisotopic (exact) mass is 250 g/mol. The number of nitrogens with one attached hydrogen (secondary N) is 1. The third-order valence-corrected chi connectivity index (χ3v) is 3.28. The van der Waals surface area contributed by atoms with Gasteiger partial charge in [-0.2, -0.15) is 5.10 Å². The fourth-order valence-corrected chi connectivity index (χ4v) is 2.21. The van der Waals surface area contributed by atoms with Crippen molar-refractivity contribution in [3.05, 3.63) is 22.6 Å². The minimum absolute atomic E-state index is 0.0182. The average molecular weight is 250 g/mol. The fourth-order valence-electron chi connectivity index (χ4n) is 2.21. The van der Waals surface area contributed by atoms with Gasteiger partial charge in [0.15, 0.2) is 0 Å². The molecule has 100 valence electrons. The van der Waals surface area contributed by atoms with E-state index in [1.54, 1.807) is 16.9 Å². The van der Waals surface area contributed by atoms with Gasteiger partial charge in [0.25, 0.3) is 5.56 Å². The van der Waals surface area contributed by atoms with Crippen LogP contribution in [0.4, 0.5) is 5.69 Å². The van der Waals surface area contributed by atoms with Gasteiger partial charge < -0.3 is 10.2 Å². The van der Waals surface area contributed by atoms with Crippen molar-refractivity contribution in [3.63, 3.8) is 0 Å². The Morgan fingerprint density at radius 1 is 1.33 bits per heavy atom. The lowest BCUT2D eigenvalue weighted by Gasteiger charge is -2.14. The molecule has 0 saturated carbocycles. The van der Waals surface area contributed by atoms with E-state index in [4.69, 9.17) is 0 Å². The van der Waals surface area contributed by atoms with E-state index in [0.29, 0.717) is 6.54 Å². The minimum atomic E-state index is -0.0182. The molecule has 0 bridgehead atoms. The molecule has 2 heterocycles. The van der Waals surface area contributed by atoms with Crippen molar-refractivity contribution < 1.29 is 0 Å². The van der Waals surface area contributed by atoms with Gasteiger partial charge in [-0.25, -0.2) is 4.68 Å². The van der Waals surface area contributed by atoms with Gasteiger partial charge in [0.2, 0.25) is 0 Å². The van der Waals surface area contributed by atoms with Crippen molar-refractivity contribution in [2.45, 2.75) is 32.7 Å². The van der Waals surface area contributed by atoms with E-state index in [-0.39, 0.29) is 5.56 Å². The Hall–Kier alpha value is -1.36. The van der Waals surface area contributed by atoms with Crippen LogP contribution < -0.4 is 10.9 Å². The maximum absolute atomic E-state index is 11.8. The maximum atomic E-state index is 11.8. The standard InChI is InChI=1S/C13H22N4O/c1-2-5-14-12-10-13(18)17(15-11-12)9-8-16-6-3-4-7-16/h10-11,14H,2-9H2,1H3. The largest absolute Gasteiger partial charge is 0.384 e. The van der Waals surface area contributed by atoms with Crippen LogP contribution in [0.2, 0.25) is 0 Å². The molecule has 1 aromatic rings. The van der Waals surface area contributed by atoms with Crippen LogP contribution in [0.5, 0.6) is 0 Å². The summed E-state index contributed by atoms with van der Waals surface area (Å²) in [6, 6.07) is 1.63. The smallest absolute Gasteiger partial charge is 0.268 e. The molecule has 0 aliphatic carbocycles. The minimum Gasteiger partial charge on any atom is -0.384 e. The van der Waals surface area contributed by atoms with Crippen molar-refractivity contribution in [1.82, 2.24) is 14.7 Å². The predicted molar refractivity (Wildman–Crippen MR) is 73.0 cm³/mol. The van der Waals surface area contributed by atoms with Gasteiger partial charge in [-0.1, -0.05) is 6.92 Å². The van der Waals surface area contributed by atoms with Gasteiger partial charge >= 0.3 is 0 Å². The Morgan fingerprint density at radius 2 is 2.11 bits per heavy atom. The molecule has 1 fully saturated rings. The molecule has 2 rings (SSSR count). The number of aromatic nitrogens is 2. The van der Waals surface area contributed by atoms with Crippen molar-refractivity contribution in [3.8, 4) is 0 Å². The number of nitrogens with zero attached hydrogens (tertiary/aromatic N) is 3. The van der Waals surface area contributed by atoms with E-state index >= 15 is 0 Å². The molecular weight excluding hydrogens is 228 g/mol. The van der Waals surface area contributed by atoms with Crippen LogP contribution in [0, 0.1) is 0 Å². The summed E-state index contributed by atoms with van der Waals surface area (Å²) >= 11 is 0. The average Bonchev–Trinajstić information content (AvgIpc) is 2.88. The van der Waals surface area contributed by atoms with E-state index in [9.17, 15) is 4.79 Å². The van der Waals surface area contributed by atoms with Crippen LogP contribution in [-0.4, -0.2) is 40.9 Å². The summed E-state index contributed by atoms with van der Waals surface area (Å²) in [5, 5.41) is 7.38. The highest BCUT2D eigenvalue weighted by atomic mass is 16.1. The van der Waals surface area contributed by atoms with Crippen LogP contribution in [-0.2, 0) is 6.54 Å². The highest BCUT2D eigenvalue weighted by molar-refractivity contribution is 5.38. The highest BCUT2D eigenvalue weighted by Crippen LogP contribution is 2.06. The number of likely N-dealkylation sites (tertiary alicyclic amines) is 1. The van der Waals surface area contributed by atoms with E-state index < -0.39 is 0 Å². The molecule has 0 aromatic carbocycles. The molecule has 5 heteroatoms. The second kappa shape index (κ2) is 6.54. The zero-order valence-electron chi connectivity index (χ0n) is 11.1. The van der Waals surface area contributed by atoms with Gasteiger partial charge in [-0.15, -0.1) is 0 Å². The molecule has 0 atom stereocenters. The maximum Gasteiger partial charge on any atom is 0.268 e.